The van der Waals surface area contributed by atoms with E-state index >= 15 is 0 Å². The molecular formula is C13H26Bi2O4. The van der Waals surface area contributed by atoms with Gasteiger partial charge in [-0.25, -0.2) is 0 Å². The number of carbonyl (C=O) groups is 2. The van der Waals surface area contributed by atoms with Crippen molar-refractivity contribution in [2.45, 2.75) is 52.0 Å². The van der Waals surface area contributed by atoms with Gasteiger partial charge in [0.1, 0.15) is 0 Å². The van der Waals surface area contributed by atoms with Crippen LogP contribution >= 0.6 is 0 Å². The molecule has 0 radical (unpaired) electrons. The van der Waals surface area contributed by atoms with Crippen molar-refractivity contribution in [2.75, 3.05) is 0 Å². The van der Waals surface area contributed by atoms with Gasteiger partial charge in [0, 0.05) is 0 Å². The molecule has 0 fully saturated rings. The molecule has 0 rings (SSSR count). The van der Waals surface area contributed by atoms with Crippen LogP contribution in [-0.4, -0.2) is 65.7 Å². The second-order valence-corrected chi connectivity index (χ2v) is 26.1. The number of hydrogen-bond acceptors (Lipinski definition) is 2. The molecule has 0 aliphatic heterocycles. The van der Waals surface area contributed by atoms with Crippen molar-refractivity contribution in [2.24, 2.45) is 5.92 Å². The van der Waals surface area contributed by atoms with E-state index in [2.05, 4.69) is 18.5 Å². The van der Waals surface area contributed by atoms with Crippen LogP contribution in [0.3, 0.4) is 0 Å². The molecule has 0 amide bonds. The Morgan fingerprint density at radius 2 is 1.58 bits per heavy atom. The summed E-state index contributed by atoms with van der Waals surface area (Å²) in [6.07, 6.45) is 1.38. The zero-order chi connectivity index (χ0) is 15.4. The zero-order valence-electron chi connectivity index (χ0n) is 12.7. The van der Waals surface area contributed by atoms with Gasteiger partial charge >= 0.3 is 133 Å². The zero-order valence-corrected chi connectivity index (χ0v) is 19.6. The van der Waals surface area contributed by atoms with Crippen molar-refractivity contribution >= 4 is 55.4 Å². The minimum absolute atomic E-state index is 0.0728. The molecule has 0 aromatic heterocycles. The molecule has 0 aromatic rings. The minimum atomic E-state index is -2.01. The predicted molar refractivity (Wildman–Crippen MR) is 80.8 cm³/mol. The summed E-state index contributed by atoms with van der Waals surface area (Å²) in [7, 11) is 0. The van der Waals surface area contributed by atoms with E-state index in [0.29, 0.717) is 6.42 Å². The van der Waals surface area contributed by atoms with E-state index in [1.54, 1.807) is 0 Å². The first-order valence-corrected chi connectivity index (χ1v) is 24.0. The summed E-state index contributed by atoms with van der Waals surface area (Å²) < 4.78 is 7.71. The third-order valence-corrected chi connectivity index (χ3v) is 20.5. The van der Waals surface area contributed by atoms with E-state index < -0.39 is 58.6 Å². The second kappa shape index (κ2) is 8.22. The van der Waals surface area contributed by atoms with Gasteiger partial charge in [-0.2, -0.15) is 0 Å². The van der Waals surface area contributed by atoms with Crippen LogP contribution in [0, 0.1) is 5.92 Å². The van der Waals surface area contributed by atoms with Gasteiger partial charge in [0.2, 0.25) is 0 Å². The van der Waals surface area contributed by atoms with Gasteiger partial charge in [0.05, 0.1) is 0 Å². The first-order valence-electron chi connectivity index (χ1n) is 6.35. The molecule has 2 N–H and O–H groups in total. The first kappa shape index (κ1) is 19.7. The molecule has 0 spiro atoms. The monoisotopic (exact) mass is 664 g/mol. The Balaban J connectivity index is 4.80. The summed E-state index contributed by atoms with van der Waals surface area (Å²) in [4.78, 5) is 22.8. The fraction of sp³-hybridized carbons (Fsp3) is 0.846. The van der Waals surface area contributed by atoms with Crippen molar-refractivity contribution < 1.29 is 19.8 Å². The SMILES string of the molecule is CC(CC[CH](C(=O)O)[Bi]([CH3])[CH3])[C](C)(C(=O)O)[Bi]([CH3])[CH3]. The fourth-order valence-electron chi connectivity index (χ4n) is 2.13. The molecule has 0 heterocycles. The Labute approximate surface area is 132 Å². The molecule has 3 atom stereocenters. The van der Waals surface area contributed by atoms with E-state index in [1.807, 2.05) is 13.8 Å². The first-order chi connectivity index (χ1) is 8.55. The van der Waals surface area contributed by atoms with Crippen molar-refractivity contribution in [1.82, 2.24) is 0 Å². The number of carboxylic acids is 2. The molecule has 0 aromatic carbocycles. The summed E-state index contributed by atoms with van der Waals surface area (Å²) in [5, 5.41) is 18.7. The van der Waals surface area contributed by atoms with Gasteiger partial charge in [0.25, 0.3) is 0 Å². The van der Waals surface area contributed by atoms with Crippen LogP contribution in [0.25, 0.3) is 0 Å². The Kier molecular flexibility index (Phi) is 8.53. The molecule has 0 bridgehead atoms. The standard InChI is InChI=1S/C9H14O4.4CH3.2Bi/c1-6(7(2)9(12)13)4-3-5-8(10)11;;;;;;/h5-6H,3-4H2,1-2H3,(H,10,11)(H,12,13);4*1H3;;. The molecule has 3 unspecified atom stereocenters. The number of rotatable bonds is 8. The van der Waals surface area contributed by atoms with Gasteiger partial charge < -0.3 is 0 Å². The molecule has 0 aliphatic carbocycles. The normalized spacial score (nSPS) is 18.1. The Hall–Kier alpha value is 0.706. The fourth-order valence-corrected chi connectivity index (χ4v) is 11.9. The molecule has 0 aliphatic rings. The number of carboxylic acid groups (broad SMARTS) is 2. The van der Waals surface area contributed by atoms with Crippen LogP contribution in [0.4, 0.5) is 0 Å². The van der Waals surface area contributed by atoms with Gasteiger partial charge in [-0.1, -0.05) is 0 Å². The van der Waals surface area contributed by atoms with E-state index in [1.165, 1.54) is 0 Å². The summed E-state index contributed by atoms with van der Waals surface area (Å²) in [5.41, 5.74) is 0. The molecule has 19 heavy (non-hydrogen) atoms. The summed E-state index contributed by atoms with van der Waals surface area (Å²) in [5.74, 6) is -1.30. The Morgan fingerprint density at radius 3 is 1.84 bits per heavy atom. The van der Waals surface area contributed by atoms with Gasteiger partial charge in [-0.3, -0.25) is 0 Å². The average Bonchev–Trinajstić information content (AvgIpc) is 2.25. The molecule has 0 saturated carbocycles. The third-order valence-electron chi connectivity index (χ3n) is 4.10. The Bertz CT molecular complexity index is 331. The third kappa shape index (κ3) is 5.19. The maximum atomic E-state index is 11.6. The van der Waals surface area contributed by atoms with Crippen LogP contribution < -0.4 is 0 Å². The number of aliphatic carboxylic acids is 2. The molecule has 112 valence electrons. The van der Waals surface area contributed by atoms with Crippen molar-refractivity contribution in [3.8, 4) is 0 Å². The van der Waals surface area contributed by atoms with Crippen LogP contribution in [0.5, 0.6) is 0 Å². The summed E-state index contributed by atoms with van der Waals surface area (Å²) in [6, 6.07) is 0. The molecule has 4 nitrogen and oxygen atoms in total. The van der Waals surface area contributed by atoms with E-state index in [9.17, 15) is 19.8 Å². The van der Waals surface area contributed by atoms with Gasteiger partial charge in [-0.15, -0.1) is 0 Å². The van der Waals surface area contributed by atoms with Crippen molar-refractivity contribution in [1.29, 1.82) is 0 Å². The van der Waals surface area contributed by atoms with Crippen LogP contribution in [0.15, 0.2) is 0 Å². The quantitative estimate of drug-likeness (QED) is 0.392. The topological polar surface area (TPSA) is 74.6 Å². The number of hydrogen-bond donors (Lipinski definition) is 2. The summed E-state index contributed by atoms with van der Waals surface area (Å²) in [6.45, 7) is 3.85. The average molecular weight is 664 g/mol. The van der Waals surface area contributed by atoms with Gasteiger partial charge in [0.15, 0.2) is 0 Å². The van der Waals surface area contributed by atoms with Crippen LogP contribution in [0.2, 0.25) is 25.3 Å². The molecule has 6 heteroatoms. The van der Waals surface area contributed by atoms with Crippen molar-refractivity contribution in [3.63, 3.8) is 0 Å². The predicted octanol–water partition coefficient (Wildman–Crippen LogP) is 3.21. The summed E-state index contributed by atoms with van der Waals surface area (Å²) >= 11 is -3.86. The maximum absolute atomic E-state index is 11.6. The van der Waals surface area contributed by atoms with Crippen molar-refractivity contribution in [3.05, 3.63) is 0 Å². The van der Waals surface area contributed by atoms with Crippen LogP contribution in [0.1, 0.15) is 26.7 Å². The van der Waals surface area contributed by atoms with Gasteiger partial charge in [-0.05, 0) is 0 Å². The van der Waals surface area contributed by atoms with E-state index in [4.69, 9.17) is 0 Å². The molecule has 0 saturated heterocycles. The molecular weight excluding hydrogens is 638 g/mol. The second-order valence-electron chi connectivity index (χ2n) is 5.64. The van der Waals surface area contributed by atoms with E-state index in [0.717, 1.165) is 6.42 Å². The van der Waals surface area contributed by atoms with Crippen LogP contribution in [-0.2, 0) is 9.59 Å². The Morgan fingerprint density at radius 1 is 1.11 bits per heavy atom. The van der Waals surface area contributed by atoms with E-state index in [-0.39, 0.29) is 9.54 Å².